The molecule has 2 atom stereocenters. The zero-order valence-corrected chi connectivity index (χ0v) is 14.7. The van der Waals surface area contributed by atoms with Crippen molar-refractivity contribution in [1.29, 1.82) is 0 Å². The Bertz CT molecular complexity index is 475. The number of esters is 1. The predicted molar refractivity (Wildman–Crippen MR) is 88.2 cm³/mol. The molecule has 1 aromatic carbocycles. The van der Waals surface area contributed by atoms with E-state index in [4.69, 9.17) is 14.2 Å². The summed E-state index contributed by atoms with van der Waals surface area (Å²) in [7, 11) is 1.62. The van der Waals surface area contributed by atoms with Gasteiger partial charge in [-0.2, -0.15) is 0 Å². The second kappa shape index (κ2) is 8.89. The van der Waals surface area contributed by atoms with E-state index in [-0.39, 0.29) is 31.2 Å². The maximum Gasteiger partial charge on any atom is 0.311 e. The second-order valence-corrected chi connectivity index (χ2v) is 6.71. The summed E-state index contributed by atoms with van der Waals surface area (Å²) in [4.78, 5) is 11.9. The molecule has 0 unspecified atom stereocenters. The van der Waals surface area contributed by atoms with Crippen molar-refractivity contribution in [2.24, 2.45) is 11.3 Å². The highest BCUT2D eigenvalue weighted by Gasteiger charge is 2.26. The van der Waals surface area contributed by atoms with Gasteiger partial charge in [-0.1, -0.05) is 19.1 Å². The third kappa shape index (κ3) is 6.59. The molecular formula is C18H28O5. The molecule has 130 valence electrons. The molecular weight excluding hydrogens is 296 g/mol. The Balaban J connectivity index is 2.58. The highest BCUT2D eigenvalue weighted by atomic mass is 16.6. The largest absolute Gasteiger partial charge is 0.497 e. The third-order valence-electron chi connectivity index (χ3n) is 3.54. The summed E-state index contributed by atoms with van der Waals surface area (Å²) in [5, 5.41) is 9.36. The average molecular weight is 324 g/mol. The summed E-state index contributed by atoms with van der Waals surface area (Å²) in [5.41, 5.74) is 0.436. The van der Waals surface area contributed by atoms with Crippen molar-refractivity contribution in [3.05, 3.63) is 29.8 Å². The van der Waals surface area contributed by atoms with Crippen LogP contribution < -0.4 is 4.74 Å². The van der Waals surface area contributed by atoms with Gasteiger partial charge >= 0.3 is 5.97 Å². The van der Waals surface area contributed by atoms with Crippen molar-refractivity contribution in [3.8, 4) is 5.75 Å². The van der Waals surface area contributed by atoms with Crippen LogP contribution in [0.1, 0.15) is 33.3 Å². The van der Waals surface area contributed by atoms with Gasteiger partial charge in [-0.3, -0.25) is 4.79 Å². The van der Waals surface area contributed by atoms with Crippen LogP contribution >= 0.6 is 0 Å². The first kappa shape index (κ1) is 19.5. The molecule has 5 heteroatoms. The number of aliphatic hydroxyl groups excluding tert-OH is 1. The zero-order valence-electron chi connectivity index (χ0n) is 14.7. The quantitative estimate of drug-likeness (QED) is 0.745. The first-order valence-corrected chi connectivity index (χ1v) is 7.80. The van der Waals surface area contributed by atoms with Crippen molar-refractivity contribution in [2.75, 3.05) is 20.3 Å². The van der Waals surface area contributed by atoms with Crippen LogP contribution in [0.4, 0.5) is 0 Å². The SMILES string of the molecule is COc1ccc(CO[C@@H](COC(=O)C(C)(C)C)[C@H](C)CO)cc1. The molecule has 5 nitrogen and oxygen atoms in total. The molecule has 0 spiro atoms. The number of carbonyl (C=O) groups excluding carboxylic acids is 1. The monoisotopic (exact) mass is 324 g/mol. The Morgan fingerprint density at radius 2 is 1.83 bits per heavy atom. The fourth-order valence-corrected chi connectivity index (χ4v) is 1.79. The number of ether oxygens (including phenoxy) is 3. The lowest BCUT2D eigenvalue weighted by atomic mass is 9.97. The minimum Gasteiger partial charge on any atom is -0.497 e. The lowest BCUT2D eigenvalue weighted by molar-refractivity contribution is -0.159. The maximum absolute atomic E-state index is 11.9. The molecule has 1 N–H and O–H groups in total. The number of carbonyl (C=O) groups is 1. The highest BCUT2D eigenvalue weighted by molar-refractivity contribution is 5.75. The summed E-state index contributed by atoms with van der Waals surface area (Å²) >= 11 is 0. The van der Waals surface area contributed by atoms with Gasteiger partial charge in [0.05, 0.1) is 25.2 Å². The number of aliphatic hydroxyl groups is 1. The normalized spacial score (nSPS) is 14.2. The average Bonchev–Trinajstić information content (AvgIpc) is 2.53. The van der Waals surface area contributed by atoms with Gasteiger partial charge < -0.3 is 19.3 Å². The molecule has 0 aliphatic rings. The predicted octanol–water partition coefficient (Wildman–Crippen LogP) is 2.80. The van der Waals surface area contributed by atoms with Crippen LogP contribution in [-0.2, 0) is 20.9 Å². The van der Waals surface area contributed by atoms with Crippen LogP contribution in [0.3, 0.4) is 0 Å². The Labute approximate surface area is 138 Å². The molecule has 0 saturated carbocycles. The van der Waals surface area contributed by atoms with Crippen LogP contribution in [0.25, 0.3) is 0 Å². The minimum atomic E-state index is -0.553. The van der Waals surface area contributed by atoms with E-state index in [1.807, 2.05) is 31.2 Å². The molecule has 0 fully saturated rings. The standard InChI is InChI=1S/C18H28O5/c1-13(10-19)16(12-23-17(20)18(2,3)4)22-11-14-6-8-15(21-5)9-7-14/h6-9,13,16,19H,10-12H2,1-5H3/t13-,16+/m1/s1. The minimum absolute atomic E-state index is 0.0274. The molecule has 0 aliphatic heterocycles. The molecule has 0 aliphatic carbocycles. The van der Waals surface area contributed by atoms with E-state index in [9.17, 15) is 9.90 Å². The van der Waals surface area contributed by atoms with Crippen LogP contribution in [-0.4, -0.2) is 37.5 Å². The fraction of sp³-hybridized carbons (Fsp3) is 0.611. The summed E-state index contributed by atoms with van der Waals surface area (Å²) in [6.07, 6.45) is -0.353. The lowest BCUT2D eigenvalue weighted by Crippen LogP contribution is -2.33. The van der Waals surface area contributed by atoms with Gasteiger partial charge in [0.2, 0.25) is 0 Å². The molecule has 0 heterocycles. The van der Waals surface area contributed by atoms with Gasteiger partial charge in [-0.05, 0) is 38.5 Å². The topological polar surface area (TPSA) is 65.0 Å². The summed E-state index contributed by atoms with van der Waals surface area (Å²) in [6.45, 7) is 7.76. The van der Waals surface area contributed by atoms with Gasteiger partial charge in [0, 0.05) is 12.5 Å². The van der Waals surface area contributed by atoms with Gasteiger partial charge in [0.25, 0.3) is 0 Å². The lowest BCUT2D eigenvalue weighted by Gasteiger charge is -2.25. The Morgan fingerprint density at radius 3 is 2.30 bits per heavy atom. The zero-order chi connectivity index (χ0) is 17.5. The summed E-state index contributed by atoms with van der Waals surface area (Å²) < 4.78 is 16.3. The van der Waals surface area contributed by atoms with Gasteiger partial charge in [0.15, 0.2) is 0 Å². The molecule has 0 saturated heterocycles. The third-order valence-corrected chi connectivity index (χ3v) is 3.54. The van der Waals surface area contributed by atoms with Gasteiger partial charge in [-0.25, -0.2) is 0 Å². The van der Waals surface area contributed by atoms with Crippen molar-refractivity contribution in [1.82, 2.24) is 0 Å². The highest BCUT2D eigenvalue weighted by Crippen LogP contribution is 2.18. The summed E-state index contributed by atoms with van der Waals surface area (Å²) in [6, 6.07) is 7.56. The number of hydrogen-bond acceptors (Lipinski definition) is 5. The molecule has 1 rings (SSSR count). The molecule has 0 amide bonds. The Hall–Kier alpha value is -1.59. The number of methoxy groups -OCH3 is 1. The smallest absolute Gasteiger partial charge is 0.311 e. The molecule has 1 aromatic rings. The van der Waals surface area contributed by atoms with Gasteiger partial charge in [0.1, 0.15) is 12.4 Å². The molecule has 0 aromatic heterocycles. The molecule has 0 bridgehead atoms. The van der Waals surface area contributed by atoms with E-state index in [1.165, 1.54) is 0 Å². The van der Waals surface area contributed by atoms with E-state index >= 15 is 0 Å². The number of benzene rings is 1. The maximum atomic E-state index is 11.9. The van der Waals surface area contributed by atoms with E-state index in [1.54, 1.807) is 27.9 Å². The fourth-order valence-electron chi connectivity index (χ4n) is 1.79. The first-order valence-electron chi connectivity index (χ1n) is 7.80. The van der Waals surface area contributed by atoms with E-state index in [2.05, 4.69) is 0 Å². The first-order chi connectivity index (χ1) is 10.8. The van der Waals surface area contributed by atoms with Crippen LogP contribution in [0.15, 0.2) is 24.3 Å². The summed E-state index contributed by atoms with van der Waals surface area (Å²) in [5.74, 6) is 0.384. The van der Waals surface area contributed by atoms with Crippen LogP contribution in [0.5, 0.6) is 5.75 Å². The Kier molecular flexibility index (Phi) is 7.52. The van der Waals surface area contributed by atoms with Crippen molar-refractivity contribution < 1.29 is 24.1 Å². The second-order valence-electron chi connectivity index (χ2n) is 6.71. The van der Waals surface area contributed by atoms with Crippen LogP contribution in [0.2, 0.25) is 0 Å². The van der Waals surface area contributed by atoms with E-state index in [0.29, 0.717) is 6.61 Å². The van der Waals surface area contributed by atoms with Crippen molar-refractivity contribution in [2.45, 2.75) is 40.4 Å². The van der Waals surface area contributed by atoms with Crippen molar-refractivity contribution in [3.63, 3.8) is 0 Å². The Morgan fingerprint density at radius 1 is 1.22 bits per heavy atom. The number of hydrogen-bond donors (Lipinski definition) is 1. The van der Waals surface area contributed by atoms with E-state index < -0.39 is 5.41 Å². The number of rotatable bonds is 8. The van der Waals surface area contributed by atoms with Crippen LogP contribution in [0, 0.1) is 11.3 Å². The molecule has 23 heavy (non-hydrogen) atoms. The van der Waals surface area contributed by atoms with Gasteiger partial charge in [-0.15, -0.1) is 0 Å². The van der Waals surface area contributed by atoms with E-state index in [0.717, 1.165) is 11.3 Å². The van der Waals surface area contributed by atoms with Crippen molar-refractivity contribution >= 4 is 5.97 Å². The molecule has 0 radical (unpaired) electrons.